The van der Waals surface area contributed by atoms with E-state index in [1.807, 2.05) is 0 Å². The quantitative estimate of drug-likeness (QED) is 0.551. The SMILES string of the molecule is CC(C)(CNCC(F)(F)F)Nc1nc(-c2c[nH]c3ncc(F)cc23)ncc1F. The molecular formula is C17H17F5N6. The fraction of sp³-hybridized carbons (Fsp3) is 0.353. The van der Waals surface area contributed by atoms with Crippen LogP contribution in [0.25, 0.3) is 22.4 Å². The van der Waals surface area contributed by atoms with Crippen LogP contribution in [0.15, 0.2) is 24.7 Å². The lowest BCUT2D eigenvalue weighted by molar-refractivity contribution is -0.125. The predicted octanol–water partition coefficient (Wildman–Crippen LogP) is 3.64. The topological polar surface area (TPSA) is 78.5 Å². The van der Waals surface area contributed by atoms with Crippen molar-refractivity contribution in [2.24, 2.45) is 0 Å². The molecule has 0 saturated carbocycles. The first kappa shape index (κ1) is 19.9. The number of nitrogens with one attached hydrogen (secondary N) is 3. The van der Waals surface area contributed by atoms with Crippen LogP contribution in [-0.4, -0.2) is 44.7 Å². The Bertz CT molecular complexity index is 982. The van der Waals surface area contributed by atoms with Gasteiger partial charge in [-0.1, -0.05) is 0 Å². The van der Waals surface area contributed by atoms with E-state index < -0.39 is 29.9 Å². The van der Waals surface area contributed by atoms with Gasteiger partial charge in [-0.25, -0.2) is 23.7 Å². The third kappa shape index (κ3) is 4.71. The van der Waals surface area contributed by atoms with Crippen LogP contribution >= 0.6 is 0 Å². The maximum absolute atomic E-state index is 14.2. The van der Waals surface area contributed by atoms with Gasteiger partial charge in [-0.2, -0.15) is 13.2 Å². The number of aromatic amines is 1. The van der Waals surface area contributed by atoms with Crippen LogP contribution in [0.2, 0.25) is 0 Å². The van der Waals surface area contributed by atoms with Crippen molar-refractivity contribution < 1.29 is 22.0 Å². The summed E-state index contributed by atoms with van der Waals surface area (Å²) in [5.41, 5.74) is -0.112. The van der Waals surface area contributed by atoms with Gasteiger partial charge in [0.2, 0.25) is 0 Å². The lowest BCUT2D eigenvalue weighted by atomic mass is 10.1. The van der Waals surface area contributed by atoms with E-state index in [1.54, 1.807) is 13.8 Å². The van der Waals surface area contributed by atoms with Crippen molar-refractivity contribution in [3.8, 4) is 11.4 Å². The van der Waals surface area contributed by atoms with Crippen LogP contribution in [-0.2, 0) is 0 Å². The normalized spacial score (nSPS) is 12.5. The molecule has 28 heavy (non-hydrogen) atoms. The standard InChI is InChI=1S/C17H17F5N6/c1-16(2,7-23-8-17(20,21)22)28-15-12(19)6-26-14(27-15)11-5-25-13-10(11)3-9(18)4-24-13/h3-6,23H,7-8H2,1-2H3,(H,24,25)(H,26,27,28). The van der Waals surface area contributed by atoms with Gasteiger partial charge in [0.05, 0.1) is 18.9 Å². The average molecular weight is 400 g/mol. The van der Waals surface area contributed by atoms with Crippen molar-refractivity contribution >= 4 is 16.9 Å². The molecule has 150 valence electrons. The minimum atomic E-state index is -4.35. The van der Waals surface area contributed by atoms with Crippen molar-refractivity contribution in [1.29, 1.82) is 0 Å². The lowest BCUT2D eigenvalue weighted by Crippen LogP contribution is -2.45. The van der Waals surface area contributed by atoms with E-state index in [1.165, 1.54) is 12.3 Å². The number of halogens is 5. The van der Waals surface area contributed by atoms with Crippen molar-refractivity contribution in [2.75, 3.05) is 18.4 Å². The molecule has 6 nitrogen and oxygen atoms in total. The Morgan fingerprint density at radius 2 is 1.82 bits per heavy atom. The lowest BCUT2D eigenvalue weighted by Gasteiger charge is -2.27. The number of H-pyrrole nitrogens is 1. The van der Waals surface area contributed by atoms with E-state index in [0.29, 0.717) is 16.6 Å². The fourth-order valence-electron chi connectivity index (χ4n) is 2.63. The van der Waals surface area contributed by atoms with E-state index in [2.05, 4.69) is 30.6 Å². The molecule has 0 unspecified atom stereocenters. The van der Waals surface area contributed by atoms with Crippen LogP contribution in [0.5, 0.6) is 0 Å². The van der Waals surface area contributed by atoms with E-state index in [0.717, 1.165) is 12.4 Å². The summed E-state index contributed by atoms with van der Waals surface area (Å²) in [5.74, 6) is -1.38. The number of aromatic nitrogens is 4. The first-order valence-corrected chi connectivity index (χ1v) is 8.25. The Balaban J connectivity index is 1.84. The molecule has 0 atom stereocenters. The van der Waals surface area contributed by atoms with Gasteiger partial charge in [0, 0.05) is 29.2 Å². The van der Waals surface area contributed by atoms with Crippen molar-refractivity contribution in [1.82, 2.24) is 25.3 Å². The largest absolute Gasteiger partial charge is 0.401 e. The molecule has 3 N–H and O–H groups in total. The van der Waals surface area contributed by atoms with Crippen LogP contribution in [0, 0.1) is 11.6 Å². The molecule has 0 bridgehead atoms. The minimum Gasteiger partial charge on any atom is -0.361 e. The number of hydrogen-bond donors (Lipinski definition) is 3. The highest BCUT2D eigenvalue weighted by molar-refractivity contribution is 5.91. The highest BCUT2D eigenvalue weighted by Gasteiger charge is 2.28. The van der Waals surface area contributed by atoms with E-state index in [-0.39, 0.29) is 18.2 Å². The molecule has 3 heterocycles. The third-order valence-electron chi connectivity index (χ3n) is 3.83. The van der Waals surface area contributed by atoms with Crippen molar-refractivity contribution in [2.45, 2.75) is 25.6 Å². The maximum atomic E-state index is 14.2. The first-order chi connectivity index (χ1) is 13.0. The monoisotopic (exact) mass is 400 g/mol. The number of alkyl halides is 3. The van der Waals surface area contributed by atoms with Crippen molar-refractivity contribution in [3.05, 3.63) is 36.3 Å². The molecule has 0 spiro atoms. The van der Waals surface area contributed by atoms with Crippen LogP contribution in [0.4, 0.5) is 27.8 Å². The fourth-order valence-corrected chi connectivity index (χ4v) is 2.63. The summed E-state index contributed by atoms with van der Waals surface area (Å²) >= 11 is 0. The van der Waals surface area contributed by atoms with Gasteiger partial charge in [0.25, 0.3) is 0 Å². The Kier molecular flexibility index (Phi) is 5.20. The number of nitrogens with zero attached hydrogens (tertiary/aromatic N) is 3. The Morgan fingerprint density at radius 3 is 2.54 bits per heavy atom. The molecule has 3 aromatic heterocycles. The smallest absolute Gasteiger partial charge is 0.361 e. The van der Waals surface area contributed by atoms with Crippen LogP contribution in [0.3, 0.4) is 0 Å². The predicted molar refractivity (Wildman–Crippen MR) is 93.7 cm³/mol. The maximum Gasteiger partial charge on any atom is 0.401 e. The zero-order valence-corrected chi connectivity index (χ0v) is 15.0. The number of fused-ring (bicyclic) bond motifs is 1. The summed E-state index contributed by atoms with van der Waals surface area (Å²) in [6.07, 6.45) is -0.834. The number of anilines is 1. The highest BCUT2D eigenvalue weighted by Crippen LogP contribution is 2.27. The summed E-state index contributed by atoms with van der Waals surface area (Å²) in [5, 5.41) is 5.47. The van der Waals surface area contributed by atoms with E-state index >= 15 is 0 Å². The second kappa shape index (κ2) is 7.30. The average Bonchev–Trinajstić information content (AvgIpc) is 2.98. The molecule has 11 heteroatoms. The van der Waals surface area contributed by atoms with Gasteiger partial charge in [0.15, 0.2) is 17.5 Å². The minimum absolute atomic E-state index is 0.0898. The molecule has 3 rings (SSSR count). The summed E-state index contributed by atoms with van der Waals surface area (Å²) in [6.45, 7) is 1.95. The van der Waals surface area contributed by atoms with Crippen molar-refractivity contribution in [3.63, 3.8) is 0 Å². The molecule has 0 fully saturated rings. The highest BCUT2D eigenvalue weighted by atomic mass is 19.4. The second-order valence-corrected chi connectivity index (χ2v) is 6.87. The first-order valence-electron chi connectivity index (χ1n) is 8.25. The summed E-state index contributed by atoms with van der Waals surface area (Å²) in [6, 6.07) is 1.25. The summed E-state index contributed by atoms with van der Waals surface area (Å²) < 4.78 is 64.5. The molecule has 0 radical (unpaired) electrons. The number of rotatable bonds is 6. The van der Waals surface area contributed by atoms with Gasteiger partial charge in [-0.15, -0.1) is 0 Å². The number of hydrogen-bond acceptors (Lipinski definition) is 5. The molecule has 0 aliphatic heterocycles. The Labute approximate surface area is 156 Å². The van der Waals surface area contributed by atoms with Crippen LogP contribution < -0.4 is 10.6 Å². The second-order valence-electron chi connectivity index (χ2n) is 6.87. The van der Waals surface area contributed by atoms with E-state index in [4.69, 9.17) is 0 Å². The van der Waals surface area contributed by atoms with Crippen LogP contribution in [0.1, 0.15) is 13.8 Å². The third-order valence-corrected chi connectivity index (χ3v) is 3.83. The van der Waals surface area contributed by atoms with Gasteiger partial charge < -0.3 is 15.6 Å². The molecule has 0 amide bonds. The molecule has 0 saturated heterocycles. The van der Waals surface area contributed by atoms with Gasteiger partial charge in [0.1, 0.15) is 11.5 Å². The summed E-state index contributed by atoms with van der Waals surface area (Å²) in [7, 11) is 0. The molecule has 3 aromatic rings. The van der Waals surface area contributed by atoms with Gasteiger partial charge in [-0.05, 0) is 19.9 Å². The number of pyridine rings is 1. The Hall–Kier alpha value is -2.82. The molecule has 0 aliphatic rings. The Morgan fingerprint density at radius 1 is 1.07 bits per heavy atom. The van der Waals surface area contributed by atoms with Gasteiger partial charge >= 0.3 is 6.18 Å². The van der Waals surface area contributed by atoms with E-state index in [9.17, 15) is 22.0 Å². The van der Waals surface area contributed by atoms with Gasteiger partial charge in [-0.3, -0.25) is 0 Å². The summed E-state index contributed by atoms with van der Waals surface area (Å²) in [4.78, 5) is 14.8. The zero-order chi connectivity index (χ0) is 20.5. The molecular weight excluding hydrogens is 383 g/mol. The molecule has 0 aromatic carbocycles. The zero-order valence-electron chi connectivity index (χ0n) is 15.0. The molecule has 0 aliphatic carbocycles.